The third-order valence-corrected chi connectivity index (χ3v) is 5.33. The van der Waals surface area contributed by atoms with E-state index in [2.05, 4.69) is 20.7 Å². The monoisotopic (exact) mass is 412 g/mol. The second kappa shape index (κ2) is 9.05. The van der Waals surface area contributed by atoms with Gasteiger partial charge in [-0.15, -0.1) is 0 Å². The standard InChI is InChI=1S/C21H22ClN5O2/c22-19-8-4-1-5-16(19)14-29-18-11-9-15(10-12-18)21-24-26-27(25-21)13-20(28)23-17-6-2-3-7-17/h1,4-5,8-12,17H,2-3,6-7,13-14H2,(H,23,28)/p+1. The van der Waals surface area contributed by atoms with Crippen LogP contribution in [-0.4, -0.2) is 27.4 Å². The molecular formula is C21H23ClN5O2+. The molecule has 0 atom stereocenters. The number of aromatic amines is 1. The van der Waals surface area contributed by atoms with E-state index in [1.165, 1.54) is 17.6 Å². The van der Waals surface area contributed by atoms with E-state index in [0.717, 1.165) is 29.7 Å². The number of hydrogen-bond donors (Lipinski definition) is 2. The Morgan fingerprint density at radius 1 is 1.17 bits per heavy atom. The number of ether oxygens (including phenoxy) is 1. The van der Waals surface area contributed by atoms with Crippen molar-refractivity contribution in [1.29, 1.82) is 0 Å². The van der Waals surface area contributed by atoms with Gasteiger partial charge in [-0.25, -0.2) is 0 Å². The predicted octanol–water partition coefficient (Wildman–Crippen LogP) is 3.05. The molecule has 8 heteroatoms. The molecule has 3 aromatic rings. The zero-order valence-corrected chi connectivity index (χ0v) is 16.7. The van der Waals surface area contributed by atoms with E-state index in [1.54, 1.807) is 0 Å². The van der Waals surface area contributed by atoms with Gasteiger partial charge in [-0.3, -0.25) is 4.79 Å². The first kappa shape index (κ1) is 19.4. The quantitative estimate of drug-likeness (QED) is 0.584. The number of carbonyl (C=O) groups is 1. The van der Waals surface area contributed by atoms with E-state index in [4.69, 9.17) is 16.3 Å². The summed E-state index contributed by atoms with van der Waals surface area (Å²) in [6.07, 6.45) is 4.48. The van der Waals surface area contributed by atoms with Crippen LogP contribution in [0, 0.1) is 0 Å². The number of rotatable bonds is 7. The summed E-state index contributed by atoms with van der Waals surface area (Å²) in [4.78, 5) is 13.6. The van der Waals surface area contributed by atoms with Gasteiger partial charge in [0.05, 0.1) is 10.7 Å². The van der Waals surface area contributed by atoms with Gasteiger partial charge < -0.3 is 10.1 Å². The van der Waals surface area contributed by atoms with Gasteiger partial charge in [0.2, 0.25) is 6.54 Å². The lowest BCUT2D eigenvalue weighted by Gasteiger charge is -2.09. The van der Waals surface area contributed by atoms with Crippen LogP contribution in [0.25, 0.3) is 11.4 Å². The molecule has 2 aromatic carbocycles. The number of amides is 1. The first-order valence-electron chi connectivity index (χ1n) is 9.76. The van der Waals surface area contributed by atoms with Crippen molar-refractivity contribution in [2.24, 2.45) is 0 Å². The summed E-state index contributed by atoms with van der Waals surface area (Å²) < 4.78 is 5.79. The SMILES string of the molecule is O=C(C[n+]1nc(-c2ccc(OCc3ccccc3Cl)cc2)n[nH]1)NC1CCCC1. The van der Waals surface area contributed by atoms with E-state index in [9.17, 15) is 4.79 Å². The Kier molecular flexibility index (Phi) is 6.05. The van der Waals surface area contributed by atoms with Gasteiger partial charge in [0.15, 0.2) is 0 Å². The van der Waals surface area contributed by atoms with Gasteiger partial charge in [0, 0.05) is 16.6 Å². The van der Waals surface area contributed by atoms with Gasteiger partial charge in [-0.05, 0) is 53.5 Å². The number of halogens is 1. The van der Waals surface area contributed by atoms with Gasteiger partial charge in [0.1, 0.15) is 12.4 Å². The maximum atomic E-state index is 12.1. The van der Waals surface area contributed by atoms with Gasteiger partial charge in [-0.1, -0.05) is 47.4 Å². The normalized spacial score (nSPS) is 14.1. The molecule has 150 valence electrons. The molecule has 1 amide bonds. The predicted molar refractivity (Wildman–Crippen MR) is 108 cm³/mol. The second-order valence-corrected chi connectivity index (χ2v) is 7.55. The van der Waals surface area contributed by atoms with Gasteiger partial charge >= 0.3 is 5.82 Å². The Labute approximate surface area is 174 Å². The first-order chi connectivity index (χ1) is 14.2. The molecule has 2 N–H and O–H groups in total. The highest BCUT2D eigenvalue weighted by Gasteiger charge is 2.20. The van der Waals surface area contributed by atoms with Crippen molar-refractivity contribution < 1.29 is 14.3 Å². The Morgan fingerprint density at radius 2 is 1.93 bits per heavy atom. The molecule has 0 unspecified atom stereocenters. The highest BCUT2D eigenvalue weighted by molar-refractivity contribution is 6.31. The molecule has 7 nitrogen and oxygen atoms in total. The van der Waals surface area contributed by atoms with Gasteiger partial charge in [-0.2, -0.15) is 0 Å². The summed E-state index contributed by atoms with van der Waals surface area (Å²) >= 11 is 6.15. The van der Waals surface area contributed by atoms with Crippen molar-refractivity contribution in [2.75, 3.05) is 0 Å². The summed E-state index contributed by atoms with van der Waals surface area (Å²) in [6, 6.07) is 15.4. The molecule has 4 rings (SSSR count). The second-order valence-electron chi connectivity index (χ2n) is 7.15. The summed E-state index contributed by atoms with van der Waals surface area (Å²) in [5, 5.41) is 15.1. The number of nitrogens with zero attached hydrogens (tertiary/aromatic N) is 3. The molecule has 29 heavy (non-hydrogen) atoms. The van der Waals surface area contributed by atoms with Crippen LogP contribution in [0.3, 0.4) is 0 Å². The Hall–Kier alpha value is -2.93. The average Bonchev–Trinajstić information content (AvgIpc) is 3.40. The molecular weight excluding hydrogens is 390 g/mol. The lowest BCUT2D eigenvalue weighted by atomic mass is 10.2. The van der Waals surface area contributed by atoms with Crippen LogP contribution in [-0.2, 0) is 17.9 Å². The molecule has 0 radical (unpaired) electrons. The third-order valence-electron chi connectivity index (χ3n) is 4.97. The van der Waals surface area contributed by atoms with E-state index >= 15 is 0 Å². The molecule has 1 fully saturated rings. The van der Waals surface area contributed by atoms with Crippen LogP contribution in [0.4, 0.5) is 0 Å². The number of nitrogens with one attached hydrogen (secondary N) is 2. The van der Waals surface area contributed by atoms with Crippen molar-refractivity contribution in [3.63, 3.8) is 0 Å². The molecule has 1 saturated carbocycles. The van der Waals surface area contributed by atoms with Crippen LogP contribution in [0.1, 0.15) is 31.2 Å². The van der Waals surface area contributed by atoms with E-state index in [0.29, 0.717) is 23.5 Å². The summed E-state index contributed by atoms with van der Waals surface area (Å²) in [5.74, 6) is 1.21. The summed E-state index contributed by atoms with van der Waals surface area (Å²) in [7, 11) is 0. The topological polar surface area (TPSA) is 83.8 Å². The average molecular weight is 413 g/mol. The van der Waals surface area contributed by atoms with E-state index in [1.807, 2.05) is 48.5 Å². The third kappa shape index (κ3) is 5.12. The lowest BCUT2D eigenvalue weighted by molar-refractivity contribution is -0.794. The fourth-order valence-electron chi connectivity index (χ4n) is 3.41. The van der Waals surface area contributed by atoms with E-state index in [-0.39, 0.29) is 12.5 Å². The highest BCUT2D eigenvalue weighted by Crippen LogP contribution is 2.21. The number of carbonyl (C=O) groups excluding carboxylic acids is 1. The van der Waals surface area contributed by atoms with Crippen molar-refractivity contribution in [2.45, 2.75) is 44.9 Å². The molecule has 0 spiro atoms. The number of H-pyrrole nitrogens is 1. The van der Waals surface area contributed by atoms with Crippen molar-refractivity contribution >= 4 is 17.5 Å². The molecule has 1 aromatic heterocycles. The number of hydrogen-bond acceptors (Lipinski definition) is 4. The minimum atomic E-state index is -0.0482. The van der Waals surface area contributed by atoms with Crippen LogP contribution in [0.2, 0.25) is 5.02 Å². The number of tetrazole rings is 1. The molecule has 1 aliphatic rings. The highest BCUT2D eigenvalue weighted by atomic mass is 35.5. The van der Waals surface area contributed by atoms with Crippen LogP contribution in [0.5, 0.6) is 5.75 Å². The fraction of sp³-hybridized carbons (Fsp3) is 0.333. The molecule has 1 aliphatic carbocycles. The van der Waals surface area contributed by atoms with Crippen molar-refractivity contribution in [3.05, 3.63) is 59.1 Å². The largest absolute Gasteiger partial charge is 0.489 e. The van der Waals surface area contributed by atoms with Gasteiger partial charge in [0.25, 0.3) is 5.91 Å². The summed E-state index contributed by atoms with van der Waals surface area (Å²) in [6.45, 7) is 0.526. The zero-order valence-electron chi connectivity index (χ0n) is 16.0. The Bertz CT molecular complexity index is 967. The zero-order chi connectivity index (χ0) is 20.1. The van der Waals surface area contributed by atoms with Crippen LogP contribution < -0.4 is 14.9 Å². The number of aromatic nitrogens is 4. The van der Waals surface area contributed by atoms with Crippen LogP contribution >= 0.6 is 11.6 Å². The maximum Gasteiger partial charge on any atom is 0.338 e. The van der Waals surface area contributed by atoms with Crippen molar-refractivity contribution in [1.82, 2.24) is 20.7 Å². The first-order valence-corrected chi connectivity index (χ1v) is 10.1. The Balaban J connectivity index is 1.33. The molecule has 0 aliphatic heterocycles. The maximum absolute atomic E-state index is 12.1. The Morgan fingerprint density at radius 3 is 2.69 bits per heavy atom. The summed E-state index contributed by atoms with van der Waals surface area (Å²) in [5.41, 5.74) is 1.77. The van der Waals surface area contributed by atoms with Crippen molar-refractivity contribution in [3.8, 4) is 17.1 Å². The lowest BCUT2D eigenvalue weighted by Crippen LogP contribution is -2.48. The molecule has 0 bridgehead atoms. The van der Waals surface area contributed by atoms with Crippen LogP contribution in [0.15, 0.2) is 48.5 Å². The van der Waals surface area contributed by atoms with E-state index < -0.39 is 0 Å². The fourth-order valence-corrected chi connectivity index (χ4v) is 3.60. The minimum Gasteiger partial charge on any atom is -0.489 e. The minimum absolute atomic E-state index is 0.0482. The number of benzene rings is 2. The molecule has 0 saturated heterocycles. The molecule has 1 heterocycles. The smallest absolute Gasteiger partial charge is 0.338 e.